The SMILES string of the molecule is Cc1ccc(OCCCn2c(C3CC(=O)N(c4ccccc4F)C3)nc3ccccc32)cc1C. The second-order valence-electron chi connectivity index (χ2n) is 8.92. The van der Waals surface area contributed by atoms with Crippen molar-refractivity contribution in [3.05, 3.63) is 89.5 Å². The molecule has 0 N–H and O–H groups in total. The first-order valence-corrected chi connectivity index (χ1v) is 11.7. The molecular weight excluding hydrogens is 429 g/mol. The van der Waals surface area contributed by atoms with Gasteiger partial charge in [-0.3, -0.25) is 4.79 Å². The zero-order chi connectivity index (χ0) is 23.7. The molecule has 2 heterocycles. The number of fused-ring (bicyclic) bond motifs is 1. The molecule has 0 spiro atoms. The lowest BCUT2D eigenvalue weighted by Gasteiger charge is -2.18. The van der Waals surface area contributed by atoms with E-state index >= 15 is 0 Å². The van der Waals surface area contributed by atoms with Crippen LogP contribution in [0, 0.1) is 19.7 Å². The Hall–Kier alpha value is -3.67. The summed E-state index contributed by atoms with van der Waals surface area (Å²) in [4.78, 5) is 19.2. The van der Waals surface area contributed by atoms with E-state index in [1.807, 2.05) is 24.3 Å². The Bertz CT molecular complexity index is 1350. The number of anilines is 1. The van der Waals surface area contributed by atoms with Crippen molar-refractivity contribution in [1.82, 2.24) is 9.55 Å². The van der Waals surface area contributed by atoms with Crippen LogP contribution in [0.25, 0.3) is 11.0 Å². The van der Waals surface area contributed by atoms with Crippen molar-refractivity contribution in [2.75, 3.05) is 18.1 Å². The number of aromatic nitrogens is 2. The van der Waals surface area contributed by atoms with Crippen molar-refractivity contribution in [1.29, 1.82) is 0 Å². The van der Waals surface area contributed by atoms with E-state index in [0.717, 1.165) is 35.6 Å². The van der Waals surface area contributed by atoms with Crippen LogP contribution in [0.2, 0.25) is 0 Å². The van der Waals surface area contributed by atoms with Crippen molar-refractivity contribution >= 4 is 22.6 Å². The molecule has 5 nitrogen and oxygen atoms in total. The maximum Gasteiger partial charge on any atom is 0.227 e. The second-order valence-corrected chi connectivity index (χ2v) is 8.92. The van der Waals surface area contributed by atoms with E-state index in [0.29, 0.717) is 25.3 Å². The summed E-state index contributed by atoms with van der Waals surface area (Å²) in [6, 6.07) is 20.6. The number of hydrogen-bond acceptors (Lipinski definition) is 3. The van der Waals surface area contributed by atoms with Crippen LogP contribution in [-0.4, -0.2) is 28.6 Å². The molecule has 0 bridgehead atoms. The lowest BCUT2D eigenvalue weighted by atomic mass is 10.1. The van der Waals surface area contributed by atoms with Crippen LogP contribution in [0.15, 0.2) is 66.7 Å². The molecule has 1 atom stereocenters. The first-order valence-electron chi connectivity index (χ1n) is 11.7. The minimum absolute atomic E-state index is 0.0771. The Kier molecular flexibility index (Phi) is 6.05. The maximum absolute atomic E-state index is 14.4. The third-order valence-electron chi connectivity index (χ3n) is 6.59. The number of amides is 1. The predicted octanol–water partition coefficient (Wildman–Crippen LogP) is 5.78. The minimum Gasteiger partial charge on any atom is -0.494 e. The van der Waals surface area contributed by atoms with E-state index in [1.165, 1.54) is 17.2 Å². The molecule has 4 aromatic rings. The standard InChI is InChI=1S/C28H28FN3O2/c1-19-12-13-22(16-20(19)2)34-15-7-14-31-26-11-6-4-9-24(26)30-28(31)21-17-27(33)32(18-21)25-10-5-3-8-23(25)29/h3-6,8-13,16,21H,7,14-15,17-18H2,1-2H3. The number of nitrogens with zero attached hydrogens (tertiary/aromatic N) is 3. The number of halogens is 1. The van der Waals surface area contributed by atoms with Gasteiger partial charge in [-0.25, -0.2) is 9.37 Å². The molecule has 174 valence electrons. The third-order valence-corrected chi connectivity index (χ3v) is 6.59. The summed E-state index contributed by atoms with van der Waals surface area (Å²) in [5.41, 5.74) is 4.74. The number of benzene rings is 3. The molecule has 5 rings (SSSR count). The summed E-state index contributed by atoms with van der Waals surface area (Å²) < 4.78 is 22.5. The lowest BCUT2D eigenvalue weighted by Crippen LogP contribution is -2.25. The quantitative estimate of drug-likeness (QED) is 0.331. The zero-order valence-corrected chi connectivity index (χ0v) is 19.5. The van der Waals surface area contributed by atoms with Gasteiger partial charge in [0.1, 0.15) is 17.4 Å². The summed E-state index contributed by atoms with van der Waals surface area (Å²) in [6.45, 7) is 5.90. The highest BCUT2D eigenvalue weighted by Gasteiger charge is 2.35. The topological polar surface area (TPSA) is 47.4 Å². The Morgan fingerprint density at radius 3 is 2.65 bits per heavy atom. The molecule has 1 aliphatic rings. The van der Waals surface area contributed by atoms with Gasteiger partial charge in [-0.1, -0.05) is 30.3 Å². The number of aryl methyl sites for hydroxylation is 3. The van der Waals surface area contributed by atoms with Gasteiger partial charge < -0.3 is 14.2 Å². The third kappa shape index (κ3) is 4.28. The summed E-state index contributed by atoms with van der Waals surface area (Å²) in [5.74, 6) is 1.20. The van der Waals surface area contributed by atoms with E-state index in [-0.39, 0.29) is 17.6 Å². The van der Waals surface area contributed by atoms with Crippen LogP contribution in [0.1, 0.15) is 35.7 Å². The fourth-order valence-corrected chi connectivity index (χ4v) is 4.64. The number of hydrogen-bond donors (Lipinski definition) is 0. The summed E-state index contributed by atoms with van der Waals surface area (Å²) in [6.07, 6.45) is 1.12. The van der Waals surface area contributed by atoms with Crippen LogP contribution in [-0.2, 0) is 11.3 Å². The zero-order valence-electron chi connectivity index (χ0n) is 19.5. The molecule has 6 heteroatoms. The number of ether oxygens (including phenoxy) is 1. The summed E-state index contributed by atoms with van der Waals surface area (Å²) in [7, 11) is 0. The molecule has 0 saturated carbocycles. The van der Waals surface area contributed by atoms with E-state index in [1.54, 1.807) is 23.1 Å². The molecule has 1 saturated heterocycles. The van der Waals surface area contributed by atoms with Crippen LogP contribution >= 0.6 is 0 Å². The van der Waals surface area contributed by atoms with E-state index < -0.39 is 0 Å². The highest BCUT2D eigenvalue weighted by atomic mass is 19.1. The highest BCUT2D eigenvalue weighted by molar-refractivity contribution is 5.96. The van der Waals surface area contributed by atoms with Crippen LogP contribution < -0.4 is 9.64 Å². The van der Waals surface area contributed by atoms with Gasteiger partial charge >= 0.3 is 0 Å². The fourth-order valence-electron chi connectivity index (χ4n) is 4.64. The second kappa shape index (κ2) is 9.29. The van der Waals surface area contributed by atoms with Gasteiger partial charge in [-0.05, 0) is 67.8 Å². The normalized spacial score (nSPS) is 15.9. The van der Waals surface area contributed by atoms with Crippen molar-refractivity contribution < 1.29 is 13.9 Å². The molecule has 1 aliphatic heterocycles. The van der Waals surface area contributed by atoms with Gasteiger partial charge in [0.15, 0.2) is 0 Å². The highest BCUT2D eigenvalue weighted by Crippen LogP contribution is 2.34. The van der Waals surface area contributed by atoms with Gasteiger partial charge in [0.25, 0.3) is 0 Å². The summed E-state index contributed by atoms with van der Waals surface area (Å²) >= 11 is 0. The molecular formula is C28H28FN3O2. The summed E-state index contributed by atoms with van der Waals surface area (Å²) in [5, 5.41) is 0. The lowest BCUT2D eigenvalue weighted by molar-refractivity contribution is -0.117. The van der Waals surface area contributed by atoms with E-state index in [4.69, 9.17) is 9.72 Å². The van der Waals surface area contributed by atoms with Crippen LogP contribution in [0.5, 0.6) is 5.75 Å². The molecule has 0 radical (unpaired) electrons. The maximum atomic E-state index is 14.4. The average molecular weight is 458 g/mol. The Labute approximate surface area is 198 Å². The predicted molar refractivity (Wildman–Crippen MR) is 132 cm³/mol. The van der Waals surface area contributed by atoms with Crippen LogP contribution in [0.3, 0.4) is 0 Å². The molecule has 1 fully saturated rings. The van der Waals surface area contributed by atoms with Gasteiger partial charge in [-0.15, -0.1) is 0 Å². The molecule has 34 heavy (non-hydrogen) atoms. The number of carbonyl (C=O) groups is 1. The van der Waals surface area contributed by atoms with Crippen molar-refractivity contribution in [3.8, 4) is 5.75 Å². The van der Waals surface area contributed by atoms with Gasteiger partial charge in [0, 0.05) is 25.4 Å². The number of rotatable bonds is 7. The monoisotopic (exact) mass is 457 g/mol. The Morgan fingerprint density at radius 1 is 1.03 bits per heavy atom. The average Bonchev–Trinajstić information content (AvgIpc) is 3.40. The van der Waals surface area contributed by atoms with E-state index in [2.05, 4.69) is 36.6 Å². The molecule has 1 unspecified atom stereocenters. The van der Waals surface area contributed by atoms with Crippen molar-refractivity contribution in [2.24, 2.45) is 0 Å². The smallest absolute Gasteiger partial charge is 0.227 e. The number of para-hydroxylation sites is 3. The first-order chi connectivity index (χ1) is 16.5. The molecule has 3 aromatic carbocycles. The molecule has 1 amide bonds. The first kappa shape index (κ1) is 22.1. The van der Waals surface area contributed by atoms with Crippen LogP contribution in [0.4, 0.5) is 10.1 Å². The van der Waals surface area contributed by atoms with Crippen molar-refractivity contribution in [2.45, 2.75) is 39.2 Å². The molecule has 0 aliphatic carbocycles. The Balaban J connectivity index is 1.34. The molecule has 1 aromatic heterocycles. The van der Waals surface area contributed by atoms with Gasteiger partial charge in [-0.2, -0.15) is 0 Å². The Morgan fingerprint density at radius 2 is 1.82 bits per heavy atom. The van der Waals surface area contributed by atoms with Gasteiger partial charge in [0.05, 0.1) is 23.3 Å². The van der Waals surface area contributed by atoms with Gasteiger partial charge in [0.2, 0.25) is 5.91 Å². The number of imidazole rings is 1. The minimum atomic E-state index is -0.381. The fraction of sp³-hybridized carbons (Fsp3) is 0.286. The largest absolute Gasteiger partial charge is 0.494 e. The van der Waals surface area contributed by atoms with Crippen molar-refractivity contribution in [3.63, 3.8) is 0 Å². The number of carbonyl (C=O) groups excluding carboxylic acids is 1. The van der Waals surface area contributed by atoms with E-state index in [9.17, 15) is 9.18 Å².